The van der Waals surface area contributed by atoms with Gasteiger partial charge in [0.05, 0.1) is 10.5 Å². The molecule has 0 spiro atoms. The molecule has 0 aliphatic carbocycles. The van der Waals surface area contributed by atoms with Crippen LogP contribution in [0.1, 0.15) is 19.4 Å². The second-order valence-corrected chi connectivity index (χ2v) is 6.97. The predicted octanol–water partition coefficient (Wildman–Crippen LogP) is 2.41. The Morgan fingerprint density at radius 1 is 1.16 bits per heavy atom. The van der Waals surface area contributed by atoms with Gasteiger partial charge in [-0.25, -0.2) is 8.42 Å². The van der Waals surface area contributed by atoms with Gasteiger partial charge in [0.25, 0.3) is 0 Å². The summed E-state index contributed by atoms with van der Waals surface area (Å²) < 4.78 is 23.3. The summed E-state index contributed by atoms with van der Waals surface area (Å²) >= 11 is 3.17. The minimum Gasteiger partial charge on any atom is -0.294 e. The molecule has 0 bridgehead atoms. The molecule has 1 rings (SSSR count). The third-order valence-electron chi connectivity index (χ3n) is 2.43. The zero-order valence-electron chi connectivity index (χ0n) is 10.7. The lowest BCUT2D eigenvalue weighted by atomic mass is 10.0. The molecule has 0 heterocycles. The fraction of sp³-hybridized carbons (Fsp3) is 0.231. The summed E-state index contributed by atoms with van der Waals surface area (Å²) in [5, 5.41) is 0. The van der Waals surface area contributed by atoms with Crippen LogP contribution in [0, 0.1) is 0 Å². The van der Waals surface area contributed by atoms with Crippen molar-refractivity contribution in [2.24, 2.45) is 0 Å². The van der Waals surface area contributed by atoms with Gasteiger partial charge in [0.2, 0.25) is 0 Å². The monoisotopic (exact) mass is 344 g/mol. The average Bonchev–Trinajstić information content (AvgIpc) is 2.23. The van der Waals surface area contributed by atoms with Crippen molar-refractivity contribution in [3.63, 3.8) is 0 Å². The first-order valence-corrected chi connectivity index (χ1v) is 8.04. The van der Waals surface area contributed by atoms with Gasteiger partial charge < -0.3 is 0 Å². The zero-order valence-corrected chi connectivity index (χ0v) is 13.1. The lowest BCUT2D eigenvalue weighted by Gasteiger charge is -2.04. The van der Waals surface area contributed by atoms with Gasteiger partial charge in [-0.05, 0) is 53.5 Å². The Kier molecular flexibility index (Phi) is 4.81. The Bertz CT molecular complexity index is 656. The molecule has 0 radical (unpaired) electrons. The molecule has 6 heteroatoms. The number of carbonyl (C=O) groups is 2. The first-order valence-electron chi connectivity index (χ1n) is 5.36. The maximum Gasteiger partial charge on any atom is 0.176 e. The van der Waals surface area contributed by atoms with Crippen molar-refractivity contribution >= 4 is 43.4 Å². The number of hydrogen-bond acceptors (Lipinski definition) is 4. The van der Waals surface area contributed by atoms with Crippen LogP contribution in [-0.2, 0) is 19.4 Å². The molecular formula is C13H13BrO4S. The second-order valence-electron chi connectivity index (χ2n) is 4.13. The second kappa shape index (κ2) is 5.79. The van der Waals surface area contributed by atoms with Crippen LogP contribution in [0.3, 0.4) is 0 Å². The molecular weight excluding hydrogens is 332 g/mol. The molecule has 0 aliphatic heterocycles. The van der Waals surface area contributed by atoms with Gasteiger partial charge in [0, 0.05) is 10.7 Å². The number of rotatable bonds is 4. The minimum absolute atomic E-state index is 0.0824. The standard InChI is InChI=1S/C13H13BrO4S/c1-8(15)11(9(2)16)6-10-4-5-13(12(14)7-10)19(3,17)18/h4-7H,1-3H3. The molecule has 0 unspecified atom stereocenters. The lowest BCUT2D eigenvalue weighted by Crippen LogP contribution is -2.05. The topological polar surface area (TPSA) is 68.3 Å². The van der Waals surface area contributed by atoms with Crippen molar-refractivity contribution in [3.8, 4) is 0 Å². The van der Waals surface area contributed by atoms with Gasteiger partial charge >= 0.3 is 0 Å². The maximum atomic E-state index is 11.5. The van der Waals surface area contributed by atoms with Gasteiger partial charge in [-0.1, -0.05) is 6.07 Å². The molecule has 0 fully saturated rings. The molecule has 0 N–H and O–H groups in total. The van der Waals surface area contributed by atoms with E-state index in [9.17, 15) is 18.0 Å². The van der Waals surface area contributed by atoms with Crippen molar-refractivity contribution in [2.75, 3.05) is 6.26 Å². The van der Waals surface area contributed by atoms with Gasteiger partial charge in [0.15, 0.2) is 21.4 Å². The van der Waals surface area contributed by atoms with Crippen LogP contribution >= 0.6 is 15.9 Å². The van der Waals surface area contributed by atoms with E-state index in [2.05, 4.69) is 15.9 Å². The van der Waals surface area contributed by atoms with Crippen LogP contribution in [0.15, 0.2) is 33.1 Å². The highest BCUT2D eigenvalue weighted by Crippen LogP contribution is 2.24. The van der Waals surface area contributed by atoms with E-state index in [1.165, 1.54) is 26.0 Å². The highest BCUT2D eigenvalue weighted by atomic mass is 79.9. The molecule has 0 amide bonds. The van der Waals surface area contributed by atoms with E-state index in [0.717, 1.165) is 6.26 Å². The largest absolute Gasteiger partial charge is 0.294 e. The minimum atomic E-state index is -3.31. The van der Waals surface area contributed by atoms with E-state index in [0.29, 0.717) is 10.0 Å². The quantitative estimate of drug-likeness (QED) is 0.477. The van der Waals surface area contributed by atoms with Crippen LogP contribution in [-0.4, -0.2) is 26.2 Å². The average molecular weight is 345 g/mol. The van der Waals surface area contributed by atoms with Crippen LogP contribution in [0.2, 0.25) is 0 Å². The normalized spacial score (nSPS) is 10.9. The number of benzene rings is 1. The molecule has 0 saturated carbocycles. The number of Topliss-reactive ketones (excluding diaryl/α,β-unsaturated/α-hetero) is 2. The fourth-order valence-electron chi connectivity index (χ4n) is 1.53. The first kappa shape index (κ1) is 15.8. The number of carbonyl (C=O) groups excluding carboxylic acids is 2. The van der Waals surface area contributed by atoms with E-state index in [1.807, 2.05) is 0 Å². The summed E-state index contributed by atoms with van der Waals surface area (Å²) in [5.74, 6) is -0.647. The number of halogens is 1. The van der Waals surface area contributed by atoms with Crippen molar-refractivity contribution in [1.29, 1.82) is 0 Å². The SMILES string of the molecule is CC(=O)C(=Cc1ccc(S(C)(=O)=O)c(Br)c1)C(C)=O. The van der Waals surface area contributed by atoms with Crippen molar-refractivity contribution < 1.29 is 18.0 Å². The highest BCUT2D eigenvalue weighted by molar-refractivity contribution is 9.10. The zero-order chi connectivity index (χ0) is 14.8. The molecule has 0 aromatic heterocycles. The van der Waals surface area contributed by atoms with E-state index in [1.54, 1.807) is 12.1 Å². The molecule has 1 aromatic rings. The predicted molar refractivity (Wildman–Crippen MR) is 76.6 cm³/mol. The van der Waals surface area contributed by atoms with Gasteiger partial charge in [-0.2, -0.15) is 0 Å². The van der Waals surface area contributed by atoms with Crippen molar-refractivity contribution in [2.45, 2.75) is 18.7 Å². The van der Waals surface area contributed by atoms with Crippen molar-refractivity contribution in [1.82, 2.24) is 0 Å². The Labute approximate surface area is 120 Å². The number of sulfone groups is 1. The molecule has 0 aliphatic rings. The summed E-state index contributed by atoms with van der Waals surface area (Å²) in [5.41, 5.74) is 0.665. The first-order chi connectivity index (χ1) is 8.62. The summed E-state index contributed by atoms with van der Waals surface area (Å²) in [7, 11) is -3.31. The summed E-state index contributed by atoms with van der Waals surface area (Å²) in [6.07, 6.45) is 2.56. The third kappa shape index (κ3) is 4.11. The Hall–Kier alpha value is -1.27. The van der Waals surface area contributed by atoms with E-state index in [-0.39, 0.29) is 22.0 Å². The fourth-order valence-corrected chi connectivity index (χ4v) is 3.53. The van der Waals surface area contributed by atoms with Gasteiger partial charge in [-0.3, -0.25) is 9.59 Å². The molecule has 0 saturated heterocycles. The highest BCUT2D eigenvalue weighted by Gasteiger charge is 2.13. The number of allylic oxidation sites excluding steroid dienone is 1. The summed E-state index contributed by atoms with van der Waals surface area (Å²) in [6.45, 7) is 2.63. The van der Waals surface area contributed by atoms with Crippen LogP contribution < -0.4 is 0 Å². The smallest absolute Gasteiger partial charge is 0.176 e. The van der Waals surface area contributed by atoms with E-state index < -0.39 is 9.84 Å². The van der Waals surface area contributed by atoms with E-state index >= 15 is 0 Å². The van der Waals surface area contributed by atoms with Crippen LogP contribution in [0.25, 0.3) is 6.08 Å². The Morgan fingerprint density at radius 3 is 2.05 bits per heavy atom. The van der Waals surface area contributed by atoms with Crippen molar-refractivity contribution in [3.05, 3.63) is 33.8 Å². The summed E-state index contributed by atoms with van der Waals surface area (Å²) in [6, 6.07) is 4.54. The molecule has 4 nitrogen and oxygen atoms in total. The summed E-state index contributed by atoms with van der Waals surface area (Å²) in [4.78, 5) is 22.8. The van der Waals surface area contributed by atoms with Crippen LogP contribution in [0.4, 0.5) is 0 Å². The third-order valence-corrected chi connectivity index (χ3v) is 4.50. The molecule has 1 aromatic carbocycles. The van der Waals surface area contributed by atoms with Gasteiger partial charge in [0.1, 0.15) is 0 Å². The molecule has 19 heavy (non-hydrogen) atoms. The van der Waals surface area contributed by atoms with Gasteiger partial charge in [-0.15, -0.1) is 0 Å². The molecule has 0 atom stereocenters. The number of hydrogen-bond donors (Lipinski definition) is 0. The number of ketones is 2. The lowest BCUT2D eigenvalue weighted by molar-refractivity contribution is -0.119. The van der Waals surface area contributed by atoms with E-state index in [4.69, 9.17) is 0 Å². The molecule has 102 valence electrons. The van der Waals surface area contributed by atoms with Crippen LogP contribution in [0.5, 0.6) is 0 Å². The maximum absolute atomic E-state index is 11.5. The Morgan fingerprint density at radius 2 is 1.68 bits per heavy atom. The Balaban J connectivity index is 3.33.